The minimum atomic E-state index is -1.06. The van der Waals surface area contributed by atoms with Crippen LogP contribution in [0.1, 0.15) is 53.0 Å². The number of benzene rings is 1. The summed E-state index contributed by atoms with van der Waals surface area (Å²) >= 11 is 0. The van der Waals surface area contributed by atoms with Gasteiger partial charge in [0.2, 0.25) is 5.91 Å². The van der Waals surface area contributed by atoms with Gasteiger partial charge in [0.05, 0.1) is 26.2 Å². The van der Waals surface area contributed by atoms with E-state index in [1.165, 1.54) is 5.56 Å². The molecule has 0 bridgehead atoms. The van der Waals surface area contributed by atoms with E-state index in [0.29, 0.717) is 32.1 Å². The molecule has 2 aliphatic rings. The number of carbonyl (C=O) groups excluding carboxylic acids is 3. The second kappa shape index (κ2) is 11.0. The van der Waals surface area contributed by atoms with E-state index < -0.39 is 24.1 Å². The monoisotopic (exact) mass is 489 g/mol. The molecule has 0 spiro atoms. The lowest BCUT2D eigenvalue weighted by Gasteiger charge is -2.33. The number of β-amino-alcohol motifs (C(OH)–C–C–N with tert-alkyl or cyclic N) is 1. The first kappa shape index (κ1) is 26.9. The number of rotatable bonds is 9. The summed E-state index contributed by atoms with van der Waals surface area (Å²) in [7, 11) is 0. The lowest BCUT2D eigenvalue weighted by molar-refractivity contribution is -0.138. The van der Waals surface area contributed by atoms with Gasteiger partial charge in [0, 0.05) is 13.1 Å². The lowest BCUT2D eigenvalue weighted by Crippen LogP contribution is -2.44. The molecule has 2 saturated heterocycles. The average Bonchev–Trinajstić information content (AvgIpc) is 3.04. The molecule has 2 atom stereocenters. The molecular formula is C26H39N3O6. The van der Waals surface area contributed by atoms with Crippen molar-refractivity contribution in [3.63, 3.8) is 0 Å². The fraction of sp³-hybridized carbons (Fsp3) is 0.654. The standard InChI is InChI=1S/C26H39N3O6/c1-25(2,3)17-26(4,5)18-6-8-20(9-7-18)35-16-19(30)15-29-23(32)21(27-24(29)33)14-22(31)28-10-12-34-13-11-28/h6-9,19,21,30H,10-17H2,1-5H3,(H,27,33). The molecular weight excluding hydrogens is 450 g/mol. The third-order valence-corrected chi connectivity index (χ3v) is 6.29. The Morgan fingerprint density at radius 2 is 1.77 bits per heavy atom. The topological polar surface area (TPSA) is 108 Å². The highest BCUT2D eigenvalue weighted by atomic mass is 16.5. The first-order chi connectivity index (χ1) is 16.4. The van der Waals surface area contributed by atoms with E-state index in [0.717, 1.165) is 11.3 Å². The largest absolute Gasteiger partial charge is 0.491 e. The van der Waals surface area contributed by atoms with Gasteiger partial charge in [0.1, 0.15) is 24.5 Å². The number of aliphatic hydroxyl groups excluding tert-OH is 1. The van der Waals surface area contributed by atoms with Crippen molar-refractivity contribution in [3.8, 4) is 5.75 Å². The average molecular weight is 490 g/mol. The van der Waals surface area contributed by atoms with Crippen LogP contribution < -0.4 is 10.1 Å². The molecule has 2 aliphatic heterocycles. The first-order valence-electron chi connectivity index (χ1n) is 12.2. The maximum atomic E-state index is 12.7. The van der Waals surface area contributed by atoms with Gasteiger partial charge in [-0.15, -0.1) is 0 Å². The Labute approximate surface area is 207 Å². The Bertz CT molecular complexity index is 903. The normalized spacial score (nSPS) is 20.1. The molecule has 0 saturated carbocycles. The van der Waals surface area contributed by atoms with Gasteiger partial charge in [-0.2, -0.15) is 0 Å². The van der Waals surface area contributed by atoms with Crippen LogP contribution in [0.3, 0.4) is 0 Å². The quantitative estimate of drug-likeness (QED) is 0.516. The summed E-state index contributed by atoms with van der Waals surface area (Å²) < 4.78 is 10.9. The van der Waals surface area contributed by atoms with E-state index in [4.69, 9.17) is 9.47 Å². The number of ether oxygens (including phenoxy) is 2. The molecule has 9 nitrogen and oxygen atoms in total. The maximum absolute atomic E-state index is 12.7. The summed E-state index contributed by atoms with van der Waals surface area (Å²) in [5.41, 5.74) is 1.42. The Balaban J connectivity index is 1.48. The van der Waals surface area contributed by atoms with Crippen molar-refractivity contribution in [2.24, 2.45) is 5.41 Å². The first-order valence-corrected chi connectivity index (χ1v) is 12.2. The van der Waals surface area contributed by atoms with Crippen LogP contribution in [0.2, 0.25) is 0 Å². The summed E-state index contributed by atoms with van der Waals surface area (Å²) in [6, 6.07) is 6.26. The molecule has 2 fully saturated rings. The molecule has 0 aromatic heterocycles. The van der Waals surface area contributed by atoms with Crippen LogP contribution >= 0.6 is 0 Å². The highest BCUT2D eigenvalue weighted by molar-refractivity contribution is 6.05. The number of hydrogen-bond acceptors (Lipinski definition) is 6. The molecule has 4 amide bonds. The van der Waals surface area contributed by atoms with Crippen LogP contribution in [0, 0.1) is 5.41 Å². The van der Waals surface area contributed by atoms with Crippen molar-refractivity contribution in [2.75, 3.05) is 39.5 Å². The molecule has 1 aromatic rings. The zero-order valence-corrected chi connectivity index (χ0v) is 21.5. The van der Waals surface area contributed by atoms with Gasteiger partial charge in [-0.3, -0.25) is 14.5 Å². The summed E-state index contributed by atoms with van der Waals surface area (Å²) in [5, 5.41) is 12.9. The zero-order chi connectivity index (χ0) is 25.8. The highest BCUT2D eigenvalue weighted by Crippen LogP contribution is 2.36. The summed E-state index contributed by atoms with van der Waals surface area (Å²) in [6.07, 6.45) is -0.134. The van der Waals surface area contributed by atoms with Crippen molar-refractivity contribution < 1.29 is 29.0 Å². The molecule has 35 heavy (non-hydrogen) atoms. The molecule has 3 rings (SSSR count). The Kier molecular flexibility index (Phi) is 8.43. The maximum Gasteiger partial charge on any atom is 0.324 e. The summed E-state index contributed by atoms with van der Waals surface area (Å²) in [6.45, 7) is 12.7. The molecule has 0 radical (unpaired) electrons. The molecule has 9 heteroatoms. The van der Waals surface area contributed by atoms with Gasteiger partial charge in [0.15, 0.2) is 0 Å². The molecule has 2 heterocycles. The number of urea groups is 1. The SMILES string of the molecule is CC(C)(C)CC(C)(C)c1ccc(OCC(O)CN2C(=O)NC(CC(=O)N3CCOCC3)C2=O)cc1. The predicted molar refractivity (Wildman–Crippen MR) is 131 cm³/mol. The van der Waals surface area contributed by atoms with E-state index in [1.807, 2.05) is 24.3 Å². The molecule has 1 aromatic carbocycles. The van der Waals surface area contributed by atoms with Crippen LogP contribution in [0.15, 0.2) is 24.3 Å². The number of amides is 4. The van der Waals surface area contributed by atoms with Gasteiger partial charge < -0.3 is 24.8 Å². The lowest BCUT2D eigenvalue weighted by atomic mass is 9.72. The minimum absolute atomic E-state index is 0.0134. The number of hydrogen-bond donors (Lipinski definition) is 2. The number of carbonyl (C=O) groups is 3. The van der Waals surface area contributed by atoms with Crippen LogP contribution in [0.25, 0.3) is 0 Å². The summed E-state index contributed by atoms with van der Waals surface area (Å²) in [4.78, 5) is 40.0. The van der Waals surface area contributed by atoms with Crippen LogP contribution in [0.5, 0.6) is 5.75 Å². The van der Waals surface area contributed by atoms with Gasteiger partial charge in [-0.25, -0.2) is 4.79 Å². The Morgan fingerprint density at radius 1 is 1.14 bits per heavy atom. The zero-order valence-electron chi connectivity index (χ0n) is 21.5. The number of nitrogens with one attached hydrogen (secondary N) is 1. The number of nitrogens with zero attached hydrogens (tertiary/aromatic N) is 2. The smallest absolute Gasteiger partial charge is 0.324 e. The van der Waals surface area contributed by atoms with E-state index in [-0.39, 0.29) is 36.3 Å². The predicted octanol–water partition coefficient (Wildman–Crippen LogP) is 2.31. The number of imide groups is 1. The van der Waals surface area contributed by atoms with Gasteiger partial charge in [-0.05, 0) is 34.9 Å². The highest BCUT2D eigenvalue weighted by Gasteiger charge is 2.40. The van der Waals surface area contributed by atoms with Gasteiger partial charge in [0.25, 0.3) is 5.91 Å². The van der Waals surface area contributed by atoms with E-state index in [2.05, 4.69) is 39.9 Å². The minimum Gasteiger partial charge on any atom is -0.491 e. The van der Waals surface area contributed by atoms with E-state index in [1.54, 1.807) is 4.90 Å². The Hall–Kier alpha value is -2.65. The number of morpholine rings is 1. The van der Waals surface area contributed by atoms with Crippen molar-refractivity contribution in [1.82, 2.24) is 15.1 Å². The molecule has 194 valence electrons. The fourth-order valence-electron chi connectivity index (χ4n) is 4.89. The fourth-order valence-corrected chi connectivity index (χ4v) is 4.89. The number of aliphatic hydroxyl groups is 1. The third kappa shape index (κ3) is 7.41. The van der Waals surface area contributed by atoms with Crippen molar-refractivity contribution in [3.05, 3.63) is 29.8 Å². The molecule has 2 N–H and O–H groups in total. The van der Waals surface area contributed by atoms with Crippen LogP contribution in [0.4, 0.5) is 4.79 Å². The van der Waals surface area contributed by atoms with Gasteiger partial charge >= 0.3 is 6.03 Å². The summed E-state index contributed by atoms with van der Waals surface area (Å²) in [5.74, 6) is -0.113. The van der Waals surface area contributed by atoms with Crippen molar-refractivity contribution >= 4 is 17.8 Å². The second-order valence-electron chi connectivity index (χ2n) is 11.3. The molecule has 0 aliphatic carbocycles. The van der Waals surface area contributed by atoms with Crippen molar-refractivity contribution in [1.29, 1.82) is 0 Å². The van der Waals surface area contributed by atoms with Crippen LogP contribution in [-0.4, -0.2) is 84.4 Å². The third-order valence-electron chi connectivity index (χ3n) is 6.29. The van der Waals surface area contributed by atoms with Crippen LogP contribution in [-0.2, 0) is 19.7 Å². The van der Waals surface area contributed by atoms with E-state index >= 15 is 0 Å². The van der Waals surface area contributed by atoms with Gasteiger partial charge in [-0.1, -0.05) is 46.8 Å². The van der Waals surface area contributed by atoms with Crippen molar-refractivity contribution in [2.45, 2.75) is 65.0 Å². The molecule has 2 unspecified atom stereocenters. The van der Waals surface area contributed by atoms with E-state index in [9.17, 15) is 19.5 Å². The second-order valence-corrected chi connectivity index (χ2v) is 11.3. The Morgan fingerprint density at radius 3 is 2.37 bits per heavy atom.